The van der Waals surface area contributed by atoms with Crippen LogP contribution in [0.4, 0.5) is 0 Å². The van der Waals surface area contributed by atoms with Crippen molar-refractivity contribution in [1.82, 2.24) is 5.01 Å². The number of hydrazone groups is 1. The van der Waals surface area contributed by atoms with Crippen molar-refractivity contribution >= 4 is 17.3 Å². The second kappa shape index (κ2) is 9.58. The van der Waals surface area contributed by atoms with E-state index in [1.165, 1.54) is 0 Å². The lowest BCUT2D eigenvalue weighted by Gasteiger charge is -2.38. The largest absolute Gasteiger partial charge is 0.496 e. The molecule has 0 N–H and O–H groups in total. The van der Waals surface area contributed by atoms with Crippen LogP contribution in [0.15, 0.2) is 59.7 Å². The van der Waals surface area contributed by atoms with Crippen LogP contribution in [0.25, 0.3) is 0 Å². The van der Waals surface area contributed by atoms with E-state index >= 15 is 0 Å². The van der Waals surface area contributed by atoms with Gasteiger partial charge in [0.15, 0.2) is 11.5 Å². The highest BCUT2D eigenvalue weighted by Crippen LogP contribution is 2.50. The molecule has 7 nitrogen and oxygen atoms in total. The third kappa shape index (κ3) is 4.10. The molecule has 0 spiro atoms. The Labute approximate surface area is 209 Å². The Morgan fingerprint density at radius 2 is 1.66 bits per heavy atom. The molecule has 8 heteroatoms. The number of methoxy groups -OCH3 is 3. The molecule has 182 valence electrons. The average molecular weight is 495 g/mol. The van der Waals surface area contributed by atoms with Gasteiger partial charge in [-0.15, -0.1) is 0 Å². The molecule has 0 fully saturated rings. The van der Waals surface area contributed by atoms with E-state index < -0.39 is 6.23 Å². The van der Waals surface area contributed by atoms with E-state index in [9.17, 15) is 0 Å². The van der Waals surface area contributed by atoms with Crippen molar-refractivity contribution in [2.45, 2.75) is 25.6 Å². The minimum atomic E-state index is -0.527. The fourth-order valence-electron chi connectivity index (χ4n) is 4.61. The predicted octanol–water partition coefficient (Wildman–Crippen LogP) is 6.01. The molecule has 0 saturated carbocycles. The van der Waals surface area contributed by atoms with Gasteiger partial charge in [0.2, 0.25) is 6.23 Å². The van der Waals surface area contributed by atoms with Crippen LogP contribution in [0.2, 0.25) is 5.02 Å². The van der Waals surface area contributed by atoms with Crippen LogP contribution in [-0.2, 0) is 0 Å². The standard InChI is InChI=1S/C27H27ClN2O5/c1-5-34-23-11-10-16(12-19(23)28)20-14-21-17-8-6-7-9-22(17)35-27(30(21)29-20)18-13-25(32-3)26(33-4)15-24(18)31-2/h6-13,15,21,27H,5,14H2,1-4H3/t21-,27-/m1/s1. The van der Waals surface area contributed by atoms with Gasteiger partial charge < -0.3 is 23.7 Å². The van der Waals surface area contributed by atoms with Gasteiger partial charge in [-0.1, -0.05) is 29.8 Å². The molecule has 2 heterocycles. The number of ether oxygens (including phenoxy) is 5. The molecule has 0 amide bonds. The van der Waals surface area contributed by atoms with Crippen molar-refractivity contribution < 1.29 is 23.7 Å². The molecule has 0 saturated heterocycles. The Bertz CT molecular complexity index is 1280. The van der Waals surface area contributed by atoms with Gasteiger partial charge in [-0.2, -0.15) is 5.10 Å². The first-order valence-electron chi connectivity index (χ1n) is 11.4. The van der Waals surface area contributed by atoms with E-state index in [0.717, 1.165) is 28.2 Å². The van der Waals surface area contributed by atoms with Gasteiger partial charge in [0.1, 0.15) is 17.2 Å². The second-order valence-electron chi connectivity index (χ2n) is 8.18. The first kappa shape index (κ1) is 23.2. The maximum atomic E-state index is 6.50. The molecule has 2 atom stereocenters. The van der Waals surface area contributed by atoms with E-state index in [2.05, 4.69) is 6.07 Å². The summed E-state index contributed by atoms with van der Waals surface area (Å²) in [5, 5.41) is 7.58. The highest BCUT2D eigenvalue weighted by Gasteiger charge is 2.42. The molecule has 0 unspecified atom stereocenters. The number of nitrogens with zero attached hydrogens (tertiary/aromatic N) is 2. The van der Waals surface area contributed by atoms with Crippen molar-refractivity contribution in [3.8, 4) is 28.7 Å². The molecule has 2 aliphatic heterocycles. The number of hydrogen-bond donors (Lipinski definition) is 0. The molecule has 0 bridgehead atoms. The molecule has 3 aromatic carbocycles. The summed E-state index contributed by atoms with van der Waals surface area (Å²) in [6.45, 7) is 2.49. The Hall–Kier alpha value is -3.58. The fraction of sp³-hybridized carbons (Fsp3) is 0.296. The molecule has 5 rings (SSSR count). The molecular weight excluding hydrogens is 468 g/mol. The average Bonchev–Trinajstić information content (AvgIpc) is 3.34. The van der Waals surface area contributed by atoms with E-state index in [1.807, 2.05) is 54.4 Å². The van der Waals surface area contributed by atoms with Crippen LogP contribution in [0.5, 0.6) is 28.7 Å². The van der Waals surface area contributed by atoms with E-state index in [4.69, 9.17) is 40.4 Å². The third-order valence-corrected chi connectivity index (χ3v) is 6.56. The van der Waals surface area contributed by atoms with Crippen molar-refractivity contribution in [3.63, 3.8) is 0 Å². The summed E-state index contributed by atoms with van der Waals surface area (Å²) in [5.41, 5.74) is 3.74. The molecular formula is C27H27ClN2O5. The van der Waals surface area contributed by atoms with Crippen LogP contribution in [0.1, 0.15) is 42.3 Å². The van der Waals surface area contributed by atoms with Crippen LogP contribution in [0, 0.1) is 0 Å². The first-order chi connectivity index (χ1) is 17.1. The molecule has 0 aromatic heterocycles. The lowest BCUT2D eigenvalue weighted by molar-refractivity contribution is -0.0205. The van der Waals surface area contributed by atoms with E-state index in [-0.39, 0.29) is 6.04 Å². The Balaban J connectivity index is 1.60. The number of rotatable bonds is 7. The van der Waals surface area contributed by atoms with Crippen molar-refractivity contribution in [3.05, 3.63) is 76.3 Å². The van der Waals surface area contributed by atoms with Gasteiger partial charge in [-0.3, -0.25) is 0 Å². The smallest absolute Gasteiger partial charge is 0.217 e. The van der Waals surface area contributed by atoms with E-state index in [0.29, 0.717) is 41.0 Å². The van der Waals surface area contributed by atoms with Gasteiger partial charge >= 0.3 is 0 Å². The number of halogens is 1. The molecule has 2 aliphatic rings. The Morgan fingerprint density at radius 3 is 2.37 bits per heavy atom. The number of para-hydroxylation sites is 1. The molecule has 0 radical (unpaired) electrons. The van der Waals surface area contributed by atoms with Crippen molar-refractivity contribution in [2.75, 3.05) is 27.9 Å². The predicted molar refractivity (Wildman–Crippen MR) is 134 cm³/mol. The molecule has 0 aliphatic carbocycles. The van der Waals surface area contributed by atoms with Crippen LogP contribution in [-0.4, -0.2) is 38.7 Å². The van der Waals surface area contributed by atoms with Crippen LogP contribution >= 0.6 is 11.6 Å². The normalized spacial score (nSPS) is 18.2. The zero-order chi connectivity index (χ0) is 24.5. The maximum absolute atomic E-state index is 6.50. The summed E-state index contributed by atoms with van der Waals surface area (Å²) < 4.78 is 28.9. The van der Waals surface area contributed by atoms with Crippen molar-refractivity contribution in [2.24, 2.45) is 5.10 Å². The number of fused-ring (bicyclic) bond motifs is 3. The highest BCUT2D eigenvalue weighted by molar-refractivity contribution is 6.32. The van der Waals surface area contributed by atoms with Gasteiger partial charge in [0, 0.05) is 18.1 Å². The molecule has 35 heavy (non-hydrogen) atoms. The van der Waals surface area contributed by atoms with Gasteiger partial charge in [-0.05, 0) is 42.8 Å². The minimum absolute atomic E-state index is 0.0110. The van der Waals surface area contributed by atoms with Gasteiger partial charge in [0.05, 0.1) is 50.3 Å². The maximum Gasteiger partial charge on any atom is 0.217 e. The zero-order valence-electron chi connectivity index (χ0n) is 20.1. The lowest BCUT2D eigenvalue weighted by atomic mass is 9.95. The van der Waals surface area contributed by atoms with E-state index in [1.54, 1.807) is 27.4 Å². The summed E-state index contributed by atoms with van der Waals surface area (Å²) in [7, 11) is 4.83. The summed E-state index contributed by atoms with van der Waals surface area (Å²) in [6.07, 6.45) is 0.178. The van der Waals surface area contributed by atoms with Gasteiger partial charge in [0.25, 0.3) is 0 Å². The third-order valence-electron chi connectivity index (χ3n) is 6.27. The molecule has 3 aromatic rings. The van der Waals surface area contributed by atoms with Gasteiger partial charge in [-0.25, -0.2) is 5.01 Å². The monoisotopic (exact) mass is 494 g/mol. The Kier molecular flexibility index (Phi) is 6.34. The SMILES string of the molecule is CCOc1ccc(C2=NN3[C@H](C2)c2ccccc2O[C@@H]3c2cc(OC)c(OC)cc2OC)cc1Cl. The van der Waals surface area contributed by atoms with Crippen LogP contribution < -0.4 is 23.7 Å². The lowest BCUT2D eigenvalue weighted by Crippen LogP contribution is -2.34. The van der Waals surface area contributed by atoms with Crippen LogP contribution in [0.3, 0.4) is 0 Å². The second-order valence-corrected chi connectivity index (χ2v) is 8.59. The topological polar surface area (TPSA) is 61.8 Å². The minimum Gasteiger partial charge on any atom is -0.496 e. The quantitative estimate of drug-likeness (QED) is 0.401. The summed E-state index contributed by atoms with van der Waals surface area (Å²) >= 11 is 6.49. The highest BCUT2D eigenvalue weighted by atomic mass is 35.5. The number of hydrogen-bond acceptors (Lipinski definition) is 7. The fourth-order valence-corrected chi connectivity index (χ4v) is 4.85. The number of benzene rings is 3. The van der Waals surface area contributed by atoms with Crippen molar-refractivity contribution in [1.29, 1.82) is 0 Å². The summed E-state index contributed by atoms with van der Waals surface area (Å²) in [5.74, 6) is 3.27. The summed E-state index contributed by atoms with van der Waals surface area (Å²) in [6, 6.07) is 17.5. The zero-order valence-corrected chi connectivity index (χ0v) is 20.8. The summed E-state index contributed by atoms with van der Waals surface area (Å²) in [4.78, 5) is 0. The first-order valence-corrected chi connectivity index (χ1v) is 11.8. The Morgan fingerprint density at radius 1 is 0.914 bits per heavy atom.